The third-order valence-corrected chi connectivity index (χ3v) is 1.86. The topological polar surface area (TPSA) is 27.3 Å². The highest BCUT2D eigenvalue weighted by atomic mass is 15.4. The number of hydrogen-bond donors (Lipinski definition) is 2. The van der Waals surface area contributed by atoms with Crippen LogP contribution in [0.1, 0.15) is 13.3 Å². The molecule has 0 aliphatic carbocycles. The van der Waals surface area contributed by atoms with Gasteiger partial charge in [0.25, 0.3) is 0 Å². The Hall–Kier alpha value is -0.120. The zero-order valence-corrected chi connectivity index (χ0v) is 6.85. The minimum Gasteiger partial charge on any atom is -0.290 e. The standard InChI is InChI=1S/C7H17N3/c1-3-8-7-9-5-4-6-10(7)2/h7-9H,3-6H2,1-2H3. The van der Waals surface area contributed by atoms with E-state index >= 15 is 0 Å². The van der Waals surface area contributed by atoms with Gasteiger partial charge in [-0.1, -0.05) is 6.92 Å². The molecule has 1 aliphatic rings. The number of nitrogens with one attached hydrogen (secondary N) is 2. The molecule has 1 heterocycles. The van der Waals surface area contributed by atoms with Crippen LogP contribution in [0.15, 0.2) is 0 Å². The van der Waals surface area contributed by atoms with E-state index in [1.165, 1.54) is 13.0 Å². The van der Waals surface area contributed by atoms with Crippen LogP contribution in [0.25, 0.3) is 0 Å². The molecule has 0 aromatic heterocycles. The minimum atomic E-state index is 0.402. The molecule has 0 amide bonds. The van der Waals surface area contributed by atoms with Crippen molar-refractivity contribution < 1.29 is 0 Å². The second-order valence-electron chi connectivity index (χ2n) is 2.75. The Labute approximate surface area is 62.8 Å². The summed E-state index contributed by atoms with van der Waals surface area (Å²) in [6.07, 6.45) is 1.66. The van der Waals surface area contributed by atoms with Gasteiger partial charge in [0.05, 0.1) is 0 Å². The molecule has 3 nitrogen and oxygen atoms in total. The van der Waals surface area contributed by atoms with Crippen molar-refractivity contribution >= 4 is 0 Å². The fourth-order valence-corrected chi connectivity index (χ4v) is 1.27. The van der Waals surface area contributed by atoms with Gasteiger partial charge in [0.1, 0.15) is 6.29 Å². The zero-order valence-electron chi connectivity index (χ0n) is 6.85. The molecule has 0 spiro atoms. The molecule has 0 aromatic carbocycles. The van der Waals surface area contributed by atoms with Gasteiger partial charge in [-0.2, -0.15) is 0 Å². The lowest BCUT2D eigenvalue weighted by Gasteiger charge is -2.33. The summed E-state index contributed by atoms with van der Waals surface area (Å²) < 4.78 is 0. The lowest BCUT2D eigenvalue weighted by Crippen LogP contribution is -2.57. The van der Waals surface area contributed by atoms with Crippen molar-refractivity contribution in [3.8, 4) is 0 Å². The van der Waals surface area contributed by atoms with Gasteiger partial charge in [0.2, 0.25) is 0 Å². The summed E-state index contributed by atoms with van der Waals surface area (Å²) in [5, 5.41) is 6.73. The molecule has 1 atom stereocenters. The molecular formula is C7H17N3. The number of rotatable bonds is 2. The highest BCUT2D eigenvalue weighted by molar-refractivity contribution is 4.69. The average molecular weight is 143 g/mol. The van der Waals surface area contributed by atoms with E-state index in [1.807, 2.05) is 0 Å². The Morgan fingerprint density at radius 1 is 1.70 bits per heavy atom. The predicted octanol–water partition coefficient (Wildman–Crippen LogP) is -0.195. The second kappa shape index (κ2) is 3.91. The van der Waals surface area contributed by atoms with Gasteiger partial charge in [0.15, 0.2) is 0 Å². The number of nitrogens with zero attached hydrogens (tertiary/aromatic N) is 1. The Bertz CT molecular complexity index is 92.9. The lowest BCUT2D eigenvalue weighted by atomic mass is 10.3. The summed E-state index contributed by atoms with van der Waals surface area (Å²) in [7, 11) is 2.14. The largest absolute Gasteiger partial charge is 0.290 e. The molecule has 3 heteroatoms. The first kappa shape index (κ1) is 7.98. The fourth-order valence-electron chi connectivity index (χ4n) is 1.27. The van der Waals surface area contributed by atoms with Crippen molar-refractivity contribution in [3.05, 3.63) is 0 Å². The average Bonchev–Trinajstić information content (AvgIpc) is 1.94. The quantitative estimate of drug-likeness (QED) is 0.561. The first-order valence-corrected chi connectivity index (χ1v) is 4.01. The summed E-state index contributed by atoms with van der Waals surface area (Å²) in [4.78, 5) is 2.30. The van der Waals surface area contributed by atoms with E-state index in [1.54, 1.807) is 0 Å². The maximum absolute atomic E-state index is 3.38. The highest BCUT2D eigenvalue weighted by Gasteiger charge is 2.15. The van der Waals surface area contributed by atoms with E-state index in [4.69, 9.17) is 0 Å². The summed E-state index contributed by atoms with van der Waals surface area (Å²) in [5.41, 5.74) is 0. The monoisotopic (exact) mass is 143 g/mol. The lowest BCUT2D eigenvalue weighted by molar-refractivity contribution is 0.136. The molecule has 2 N–H and O–H groups in total. The summed E-state index contributed by atoms with van der Waals surface area (Å²) in [6.45, 7) is 5.50. The van der Waals surface area contributed by atoms with Gasteiger partial charge in [-0.05, 0) is 26.6 Å². The van der Waals surface area contributed by atoms with Crippen LogP contribution in [0.3, 0.4) is 0 Å². The van der Waals surface area contributed by atoms with Crippen LogP contribution in [0.2, 0.25) is 0 Å². The molecule has 0 saturated carbocycles. The number of hydrogen-bond acceptors (Lipinski definition) is 3. The van der Waals surface area contributed by atoms with Crippen LogP contribution in [0, 0.1) is 0 Å². The van der Waals surface area contributed by atoms with Gasteiger partial charge in [-0.25, -0.2) is 0 Å². The van der Waals surface area contributed by atoms with Crippen LogP contribution < -0.4 is 10.6 Å². The van der Waals surface area contributed by atoms with Crippen molar-refractivity contribution in [2.24, 2.45) is 0 Å². The highest BCUT2D eigenvalue weighted by Crippen LogP contribution is 1.96. The van der Waals surface area contributed by atoms with Crippen molar-refractivity contribution in [2.75, 3.05) is 26.7 Å². The smallest absolute Gasteiger partial charge is 0.114 e. The maximum atomic E-state index is 3.38. The Morgan fingerprint density at radius 3 is 3.10 bits per heavy atom. The second-order valence-corrected chi connectivity index (χ2v) is 2.75. The SMILES string of the molecule is CCNC1NCCCN1C. The molecule has 1 rings (SSSR count). The summed E-state index contributed by atoms with van der Waals surface area (Å²) >= 11 is 0. The van der Waals surface area contributed by atoms with Crippen molar-refractivity contribution in [2.45, 2.75) is 19.6 Å². The molecule has 0 radical (unpaired) electrons. The van der Waals surface area contributed by atoms with E-state index in [-0.39, 0.29) is 0 Å². The van der Waals surface area contributed by atoms with Crippen LogP contribution in [0.5, 0.6) is 0 Å². The summed E-state index contributed by atoms with van der Waals surface area (Å²) in [5.74, 6) is 0. The predicted molar refractivity (Wildman–Crippen MR) is 42.7 cm³/mol. The third kappa shape index (κ3) is 1.94. The van der Waals surface area contributed by atoms with Gasteiger partial charge in [-0.15, -0.1) is 0 Å². The van der Waals surface area contributed by atoms with Crippen LogP contribution in [-0.2, 0) is 0 Å². The molecule has 0 bridgehead atoms. The Balaban J connectivity index is 2.25. The molecule has 60 valence electrons. The van der Waals surface area contributed by atoms with Gasteiger partial charge in [0, 0.05) is 6.54 Å². The zero-order chi connectivity index (χ0) is 7.40. The Kier molecular flexibility index (Phi) is 3.12. The van der Waals surface area contributed by atoms with Gasteiger partial charge < -0.3 is 0 Å². The molecule has 1 aliphatic heterocycles. The van der Waals surface area contributed by atoms with Crippen molar-refractivity contribution in [1.29, 1.82) is 0 Å². The minimum absolute atomic E-state index is 0.402. The fraction of sp³-hybridized carbons (Fsp3) is 1.00. The van der Waals surface area contributed by atoms with Gasteiger partial charge >= 0.3 is 0 Å². The molecule has 10 heavy (non-hydrogen) atoms. The molecule has 0 aromatic rings. The first-order chi connectivity index (χ1) is 4.84. The van der Waals surface area contributed by atoms with Crippen molar-refractivity contribution in [3.63, 3.8) is 0 Å². The van der Waals surface area contributed by atoms with E-state index in [9.17, 15) is 0 Å². The normalized spacial score (nSPS) is 28.8. The van der Waals surface area contributed by atoms with Crippen LogP contribution in [-0.4, -0.2) is 37.9 Å². The Morgan fingerprint density at radius 2 is 2.50 bits per heavy atom. The molecular weight excluding hydrogens is 126 g/mol. The van der Waals surface area contributed by atoms with E-state index in [0.717, 1.165) is 13.1 Å². The van der Waals surface area contributed by atoms with Crippen molar-refractivity contribution in [1.82, 2.24) is 15.5 Å². The van der Waals surface area contributed by atoms with Gasteiger partial charge in [-0.3, -0.25) is 15.5 Å². The van der Waals surface area contributed by atoms with E-state index in [0.29, 0.717) is 6.29 Å². The van der Waals surface area contributed by atoms with E-state index < -0.39 is 0 Å². The third-order valence-electron chi connectivity index (χ3n) is 1.86. The maximum Gasteiger partial charge on any atom is 0.114 e. The first-order valence-electron chi connectivity index (χ1n) is 4.01. The molecule has 1 saturated heterocycles. The van der Waals surface area contributed by atoms with E-state index in [2.05, 4.69) is 29.5 Å². The van der Waals surface area contributed by atoms with Crippen LogP contribution in [0.4, 0.5) is 0 Å². The summed E-state index contributed by atoms with van der Waals surface area (Å²) in [6, 6.07) is 0. The van der Waals surface area contributed by atoms with Crippen LogP contribution >= 0.6 is 0 Å². The molecule has 1 fully saturated rings. The molecule has 1 unspecified atom stereocenters.